The number of carbonyl (C=O) groups excluding carboxylic acids is 1. The van der Waals surface area contributed by atoms with Crippen LogP contribution in [0.4, 0.5) is 16.5 Å². The summed E-state index contributed by atoms with van der Waals surface area (Å²) in [5.74, 6) is -1.70. The van der Waals surface area contributed by atoms with Crippen molar-refractivity contribution in [3.8, 4) is 0 Å². The predicted molar refractivity (Wildman–Crippen MR) is 149 cm³/mol. The minimum absolute atomic E-state index is 0. The Labute approximate surface area is 240 Å². The molecular formula is C22H20BrCl2N5O7S. The second kappa shape index (κ2) is 12.1. The molecule has 1 amide bonds. The number of nitrogens with one attached hydrogen (secondary N) is 1. The highest BCUT2D eigenvalue weighted by Gasteiger charge is 2.33. The van der Waals surface area contributed by atoms with E-state index in [-0.39, 0.29) is 32.7 Å². The van der Waals surface area contributed by atoms with Crippen LogP contribution in [0.5, 0.6) is 0 Å². The van der Waals surface area contributed by atoms with Gasteiger partial charge in [0, 0.05) is 37.4 Å². The van der Waals surface area contributed by atoms with Crippen molar-refractivity contribution in [3.05, 3.63) is 98.5 Å². The molecule has 0 aliphatic rings. The number of nitro benzene ring substituents is 2. The number of thiazole rings is 1. The first kappa shape index (κ1) is 31.0. The summed E-state index contributed by atoms with van der Waals surface area (Å²) in [4.78, 5) is 49.6. The average Bonchev–Trinajstić information content (AvgIpc) is 3.21. The Balaban J connectivity index is 0.00000507. The lowest BCUT2D eigenvalue weighted by Gasteiger charge is -2.21. The minimum atomic E-state index is -0.872. The number of nitro groups is 3. The summed E-state index contributed by atoms with van der Waals surface area (Å²) in [6.45, 7) is 5.01. The third kappa shape index (κ3) is 7.22. The van der Waals surface area contributed by atoms with Crippen LogP contribution in [0.15, 0.2) is 36.4 Å². The van der Waals surface area contributed by atoms with E-state index < -0.39 is 49.9 Å². The Morgan fingerprint density at radius 3 is 2.08 bits per heavy atom. The maximum atomic E-state index is 12.9. The van der Waals surface area contributed by atoms with Crippen LogP contribution in [-0.4, -0.2) is 32.2 Å². The van der Waals surface area contributed by atoms with Crippen molar-refractivity contribution in [1.82, 2.24) is 4.98 Å². The molecule has 1 N–H and O–H groups in total. The number of amides is 1. The summed E-state index contributed by atoms with van der Waals surface area (Å²) in [5.41, 5.74) is -1.26. The molecule has 0 aliphatic heterocycles. The first-order valence-corrected chi connectivity index (χ1v) is 12.1. The molecular weight excluding hydrogens is 629 g/mol. The van der Waals surface area contributed by atoms with Crippen LogP contribution in [0, 0.1) is 30.3 Å². The van der Waals surface area contributed by atoms with Gasteiger partial charge in [0.15, 0.2) is 5.13 Å². The summed E-state index contributed by atoms with van der Waals surface area (Å²) in [7, 11) is 0. The second-order valence-electron chi connectivity index (χ2n) is 8.92. The molecule has 3 rings (SSSR count). The van der Waals surface area contributed by atoms with Gasteiger partial charge in [-0.05, 0) is 17.7 Å². The molecule has 16 heteroatoms. The van der Waals surface area contributed by atoms with Gasteiger partial charge in [0.05, 0.1) is 33.1 Å². The number of anilines is 1. The normalized spacial score (nSPS) is 11.8. The standard InChI is InChI=1S/C22H19Cl2N5O7S.BrH/c1-22(2,3)19-18(16(10-27(31)32)15-5-4-12(23)8-17(15)24)37-21(25-19)26-20(30)11-6-13(28(33)34)9-14(7-11)29(35)36;/h4-9,16H,10H2,1-3H3,(H,25,26,30);1H. The van der Waals surface area contributed by atoms with E-state index in [1.165, 1.54) is 6.07 Å². The van der Waals surface area contributed by atoms with E-state index in [2.05, 4.69) is 10.3 Å². The van der Waals surface area contributed by atoms with E-state index in [0.29, 0.717) is 21.2 Å². The zero-order chi connectivity index (χ0) is 27.7. The van der Waals surface area contributed by atoms with Crippen molar-refractivity contribution in [2.45, 2.75) is 32.1 Å². The van der Waals surface area contributed by atoms with Gasteiger partial charge in [0.25, 0.3) is 17.3 Å². The maximum absolute atomic E-state index is 12.9. The van der Waals surface area contributed by atoms with Crippen LogP contribution in [-0.2, 0) is 5.41 Å². The van der Waals surface area contributed by atoms with E-state index in [1.807, 2.05) is 20.8 Å². The summed E-state index contributed by atoms with van der Waals surface area (Å²) >= 11 is 13.4. The number of nitrogens with zero attached hydrogens (tertiary/aromatic N) is 4. The molecule has 0 fully saturated rings. The van der Waals surface area contributed by atoms with E-state index in [9.17, 15) is 35.1 Å². The van der Waals surface area contributed by atoms with Crippen molar-refractivity contribution in [1.29, 1.82) is 0 Å². The molecule has 1 heterocycles. The summed E-state index contributed by atoms with van der Waals surface area (Å²) < 4.78 is 0. The molecule has 0 aliphatic carbocycles. The highest BCUT2D eigenvalue weighted by molar-refractivity contribution is 8.93. The number of benzene rings is 2. The van der Waals surface area contributed by atoms with Gasteiger partial charge < -0.3 is 0 Å². The van der Waals surface area contributed by atoms with Crippen LogP contribution in [0.25, 0.3) is 0 Å². The van der Waals surface area contributed by atoms with Crippen LogP contribution in [0.2, 0.25) is 10.0 Å². The number of rotatable bonds is 8. The Hall–Kier alpha value is -3.20. The summed E-state index contributed by atoms with van der Waals surface area (Å²) in [6, 6.07) is 7.18. The molecule has 2 aromatic carbocycles. The lowest BCUT2D eigenvalue weighted by molar-refractivity contribution is -0.481. The summed E-state index contributed by atoms with van der Waals surface area (Å²) in [5, 5.41) is 37.1. The first-order chi connectivity index (χ1) is 17.2. The van der Waals surface area contributed by atoms with Crippen molar-refractivity contribution < 1.29 is 19.6 Å². The molecule has 0 spiro atoms. The summed E-state index contributed by atoms with van der Waals surface area (Å²) in [6.07, 6.45) is 0. The third-order valence-corrected chi connectivity index (χ3v) is 6.80. The monoisotopic (exact) mass is 647 g/mol. The molecule has 1 atom stereocenters. The Morgan fingerprint density at radius 2 is 1.61 bits per heavy atom. The van der Waals surface area contributed by atoms with Crippen molar-refractivity contribution in [2.24, 2.45) is 0 Å². The Bertz CT molecular complexity index is 1400. The molecule has 38 heavy (non-hydrogen) atoms. The lowest BCUT2D eigenvalue weighted by atomic mass is 9.86. The number of non-ortho nitro benzene ring substituents is 2. The third-order valence-electron chi connectivity index (χ3n) is 5.16. The van der Waals surface area contributed by atoms with Gasteiger partial charge in [-0.2, -0.15) is 0 Å². The van der Waals surface area contributed by atoms with Crippen LogP contribution >= 0.6 is 51.5 Å². The van der Waals surface area contributed by atoms with Crippen molar-refractivity contribution in [2.75, 3.05) is 11.9 Å². The number of hydrogen-bond acceptors (Lipinski definition) is 9. The number of aromatic nitrogens is 1. The molecule has 202 valence electrons. The molecule has 0 radical (unpaired) electrons. The van der Waals surface area contributed by atoms with E-state index >= 15 is 0 Å². The maximum Gasteiger partial charge on any atom is 0.277 e. The minimum Gasteiger partial charge on any atom is -0.298 e. The SMILES string of the molecule is Br.CC(C)(C)c1nc(NC(=O)c2cc([N+](=O)[O-])cc([N+](=O)[O-])c2)sc1C(C[N+](=O)[O-])c1ccc(Cl)cc1Cl. The molecule has 1 aromatic heterocycles. The van der Waals surface area contributed by atoms with Gasteiger partial charge in [-0.1, -0.05) is 50.0 Å². The van der Waals surface area contributed by atoms with E-state index in [0.717, 1.165) is 29.5 Å². The Kier molecular flexibility index (Phi) is 9.88. The largest absolute Gasteiger partial charge is 0.298 e. The smallest absolute Gasteiger partial charge is 0.277 e. The van der Waals surface area contributed by atoms with Crippen molar-refractivity contribution in [3.63, 3.8) is 0 Å². The van der Waals surface area contributed by atoms with Crippen LogP contribution in [0.3, 0.4) is 0 Å². The predicted octanol–water partition coefficient (Wildman–Crippen LogP) is 6.80. The van der Waals surface area contributed by atoms with Gasteiger partial charge in [-0.15, -0.1) is 28.3 Å². The van der Waals surface area contributed by atoms with Gasteiger partial charge >= 0.3 is 0 Å². The van der Waals surface area contributed by atoms with Crippen LogP contribution < -0.4 is 5.32 Å². The van der Waals surface area contributed by atoms with E-state index in [4.69, 9.17) is 23.2 Å². The highest BCUT2D eigenvalue weighted by atomic mass is 79.9. The number of hydrogen-bond donors (Lipinski definition) is 1. The molecule has 0 bridgehead atoms. The lowest BCUT2D eigenvalue weighted by Crippen LogP contribution is -2.20. The first-order valence-electron chi connectivity index (χ1n) is 10.5. The molecule has 1 unspecified atom stereocenters. The number of halogens is 3. The van der Waals surface area contributed by atoms with Gasteiger partial charge in [-0.25, -0.2) is 4.98 Å². The molecule has 0 saturated carbocycles. The Morgan fingerprint density at radius 1 is 1.03 bits per heavy atom. The van der Waals surface area contributed by atoms with Gasteiger partial charge in [-0.3, -0.25) is 40.5 Å². The molecule has 12 nitrogen and oxygen atoms in total. The topological polar surface area (TPSA) is 171 Å². The fourth-order valence-corrected chi connectivity index (χ4v) is 5.34. The van der Waals surface area contributed by atoms with Gasteiger partial charge in [0.1, 0.15) is 0 Å². The highest BCUT2D eigenvalue weighted by Crippen LogP contribution is 2.42. The zero-order valence-corrected chi connectivity index (χ0v) is 24.0. The molecule has 3 aromatic rings. The van der Waals surface area contributed by atoms with E-state index in [1.54, 1.807) is 12.1 Å². The molecule has 0 saturated heterocycles. The van der Waals surface area contributed by atoms with Gasteiger partial charge in [0.2, 0.25) is 6.54 Å². The second-order valence-corrected chi connectivity index (χ2v) is 10.8. The number of carbonyl (C=O) groups is 1. The quantitative estimate of drug-likeness (QED) is 0.205. The van der Waals surface area contributed by atoms with Crippen LogP contribution in [0.1, 0.15) is 53.2 Å². The fourth-order valence-electron chi connectivity index (χ4n) is 3.52. The zero-order valence-electron chi connectivity index (χ0n) is 20.0. The fraction of sp³-hybridized carbons (Fsp3) is 0.273. The average molecular weight is 649 g/mol. The van der Waals surface area contributed by atoms with Crippen molar-refractivity contribution >= 4 is 73.9 Å².